The van der Waals surface area contributed by atoms with Crippen molar-refractivity contribution in [3.8, 4) is 0 Å². The van der Waals surface area contributed by atoms with Crippen LogP contribution in [0.3, 0.4) is 0 Å². The Labute approximate surface area is 117 Å². The molecular formula is C13H19N3O2S. The van der Waals surface area contributed by atoms with E-state index in [1.165, 1.54) is 15.3 Å². The van der Waals surface area contributed by atoms with Crippen molar-refractivity contribution in [2.24, 2.45) is 0 Å². The van der Waals surface area contributed by atoms with Crippen molar-refractivity contribution in [2.75, 3.05) is 7.11 Å². The number of nitrogens with zero attached hydrogens (tertiary/aromatic N) is 2. The Morgan fingerprint density at radius 2 is 2.26 bits per heavy atom. The van der Waals surface area contributed by atoms with Crippen molar-refractivity contribution in [1.82, 2.24) is 15.5 Å². The molecule has 1 N–H and O–H groups in total. The maximum Gasteiger partial charge on any atom is 0.252 e. The first-order valence-corrected chi connectivity index (χ1v) is 7.02. The van der Waals surface area contributed by atoms with E-state index in [1.54, 1.807) is 7.11 Å². The summed E-state index contributed by atoms with van der Waals surface area (Å²) < 4.78 is 9.99. The second kappa shape index (κ2) is 6.27. The number of nitrogens with one attached hydrogen (secondary N) is 1. The Morgan fingerprint density at radius 1 is 1.47 bits per heavy atom. The summed E-state index contributed by atoms with van der Waals surface area (Å²) in [4.78, 5) is 6.92. The molecule has 2 rings (SSSR count). The Hall–Kier alpha value is -1.24. The molecule has 0 aliphatic heterocycles. The van der Waals surface area contributed by atoms with Gasteiger partial charge < -0.3 is 14.6 Å². The Morgan fingerprint density at radius 3 is 2.89 bits per heavy atom. The summed E-state index contributed by atoms with van der Waals surface area (Å²) in [7, 11) is 1.60. The highest BCUT2D eigenvalue weighted by molar-refractivity contribution is 7.12. The Balaban J connectivity index is 1.92. The fourth-order valence-corrected chi connectivity index (χ4v) is 3.00. The first-order chi connectivity index (χ1) is 9.10. The van der Waals surface area contributed by atoms with Crippen LogP contribution in [-0.4, -0.2) is 17.3 Å². The second-order valence-electron chi connectivity index (χ2n) is 4.51. The lowest BCUT2D eigenvalue weighted by Gasteiger charge is -2.11. The standard InChI is InChI=1S/C13H19N3O2S/c1-8-5-11(10(3)19-8)9(2)14-6-12-15-13(7-17-4)18-16-12/h5,9,14H,6-7H2,1-4H3/t9-/m0/s1. The Kier molecular flexibility index (Phi) is 4.68. The number of rotatable bonds is 6. The van der Waals surface area contributed by atoms with Gasteiger partial charge in [0.05, 0.1) is 6.54 Å². The molecule has 0 aliphatic carbocycles. The fourth-order valence-electron chi connectivity index (χ4n) is 1.98. The Bertz CT molecular complexity index is 536. The van der Waals surface area contributed by atoms with Crippen LogP contribution in [0.25, 0.3) is 0 Å². The molecule has 0 saturated carbocycles. The zero-order chi connectivity index (χ0) is 13.8. The molecule has 6 heteroatoms. The van der Waals surface area contributed by atoms with Gasteiger partial charge in [-0.3, -0.25) is 0 Å². The van der Waals surface area contributed by atoms with Crippen LogP contribution in [-0.2, 0) is 17.9 Å². The van der Waals surface area contributed by atoms with Gasteiger partial charge in [0.25, 0.3) is 5.89 Å². The first-order valence-electron chi connectivity index (χ1n) is 6.21. The third-order valence-electron chi connectivity index (χ3n) is 2.89. The summed E-state index contributed by atoms with van der Waals surface area (Å²) in [5.41, 5.74) is 1.34. The minimum atomic E-state index is 0.273. The highest BCUT2D eigenvalue weighted by atomic mass is 32.1. The third kappa shape index (κ3) is 3.62. The highest BCUT2D eigenvalue weighted by Gasteiger charge is 2.12. The van der Waals surface area contributed by atoms with E-state index in [9.17, 15) is 0 Å². The number of ether oxygens (including phenoxy) is 1. The molecule has 0 spiro atoms. The van der Waals surface area contributed by atoms with E-state index in [1.807, 2.05) is 11.3 Å². The van der Waals surface area contributed by atoms with Crippen LogP contribution >= 0.6 is 11.3 Å². The van der Waals surface area contributed by atoms with E-state index in [-0.39, 0.29) is 6.04 Å². The molecule has 0 aromatic carbocycles. The van der Waals surface area contributed by atoms with Gasteiger partial charge in [0.2, 0.25) is 0 Å². The number of aryl methyl sites for hydroxylation is 2. The zero-order valence-electron chi connectivity index (χ0n) is 11.7. The summed E-state index contributed by atoms with van der Waals surface area (Å²) in [6.45, 7) is 7.36. The van der Waals surface area contributed by atoms with Crippen LogP contribution in [0.4, 0.5) is 0 Å². The van der Waals surface area contributed by atoms with E-state index < -0.39 is 0 Å². The molecule has 19 heavy (non-hydrogen) atoms. The quantitative estimate of drug-likeness (QED) is 0.882. The van der Waals surface area contributed by atoms with Crippen LogP contribution in [0.5, 0.6) is 0 Å². The van der Waals surface area contributed by atoms with Crippen molar-refractivity contribution in [3.05, 3.63) is 33.1 Å². The van der Waals surface area contributed by atoms with E-state index in [2.05, 4.69) is 42.3 Å². The van der Waals surface area contributed by atoms with E-state index in [4.69, 9.17) is 9.26 Å². The van der Waals surface area contributed by atoms with Crippen LogP contribution in [0, 0.1) is 13.8 Å². The van der Waals surface area contributed by atoms with Crippen molar-refractivity contribution in [3.63, 3.8) is 0 Å². The molecule has 104 valence electrons. The van der Waals surface area contributed by atoms with E-state index in [0.29, 0.717) is 24.9 Å². The van der Waals surface area contributed by atoms with Crippen LogP contribution in [0.2, 0.25) is 0 Å². The SMILES string of the molecule is COCc1nc(CN[C@@H](C)c2cc(C)sc2C)no1. The number of methoxy groups -OCH3 is 1. The summed E-state index contributed by atoms with van der Waals surface area (Å²) in [6, 6.07) is 2.50. The fraction of sp³-hybridized carbons (Fsp3) is 0.538. The molecule has 5 nitrogen and oxygen atoms in total. The van der Waals surface area contributed by atoms with Gasteiger partial charge in [0.1, 0.15) is 6.61 Å². The average molecular weight is 281 g/mol. The van der Waals surface area contributed by atoms with Gasteiger partial charge in [-0.05, 0) is 32.4 Å². The maximum absolute atomic E-state index is 5.05. The minimum absolute atomic E-state index is 0.273. The van der Waals surface area contributed by atoms with Crippen LogP contribution in [0.15, 0.2) is 10.6 Å². The number of hydrogen-bond donors (Lipinski definition) is 1. The molecule has 2 aromatic heterocycles. The van der Waals surface area contributed by atoms with Crippen molar-refractivity contribution >= 4 is 11.3 Å². The largest absolute Gasteiger partial charge is 0.375 e. The smallest absolute Gasteiger partial charge is 0.252 e. The molecule has 0 aliphatic rings. The summed E-state index contributed by atoms with van der Waals surface area (Å²) in [5.74, 6) is 1.16. The first kappa shape index (κ1) is 14.2. The summed E-state index contributed by atoms with van der Waals surface area (Å²) >= 11 is 1.82. The second-order valence-corrected chi connectivity index (χ2v) is 5.97. The molecule has 1 atom stereocenters. The van der Waals surface area contributed by atoms with Gasteiger partial charge in [0, 0.05) is 22.9 Å². The van der Waals surface area contributed by atoms with Crippen molar-refractivity contribution < 1.29 is 9.26 Å². The number of thiophene rings is 1. The average Bonchev–Trinajstić information content (AvgIpc) is 2.93. The van der Waals surface area contributed by atoms with Crippen LogP contribution < -0.4 is 5.32 Å². The predicted octanol–water partition coefficient (Wildman–Crippen LogP) is 2.75. The van der Waals surface area contributed by atoms with Crippen molar-refractivity contribution in [1.29, 1.82) is 0 Å². The number of hydrogen-bond acceptors (Lipinski definition) is 6. The predicted molar refractivity (Wildman–Crippen MR) is 74.1 cm³/mol. The van der Waals surface area contributed by atoms with Gasteiger partial charge >= 0.3 is 0 Å². The molecule has 0 unspecified atom stereocenters. The lowest BCUT2D eigenvalue weighted by atomic mass is 10.1. The molecule has 0 saturated heterocycles. The van der Waals surface area contributed by atoms with Gasteiger partial charge in [-0.2, -0.15) is 4.98 Å². The van der Waals surface area contributed by atoms with E-state index >= 15 is 0 Å². The molecule has 2 heterocycles. The normalized spacial score (nSPS) is 12.8. The van der Waals surface area contributed by atoms with Crippen molar-refractivity contribution in [2.45, 2.75) is 40.0 Å². The molecule has 2 aromatic rings. The maximum atomic E-state index is 5.05. The van der Waals surface area contributed by atoms with Gasteiger partial charge in [-0.15, -0.1) is 11.3 Å². The van der Waals surface area contributed by atoms with Crippen LogP contribution in [0.1, 0.15) is 40.0 Å². The monoisotopic (exact) mass is 281 g/mol. The topological polar surface area (TPSA) is 60.2 Å². The third-order valence-corrected chi connectivity index (χ3v) is 3.87. The van der Waals surface area contributed by atoms with E-state index in [0.717, 1.165) is 0 Å². The molecule has 0 fully saturated rings. The zero-order valence-corrected chi connectivity index (χ0v) is 12.5. The van der Waals surface area contributed by atoms with Gasteiger partial charge in [-0.25, -0.2) is 0 Å². The highest BCUT2D eigenvalue weighted by Crippen LogP contribution is 2.26. The lowest BCUT2D eigenvalue weighted by molar-refractivity contribution is 0.151. The minimum Gasteiger partial charge on any atom is -0.375 e. The van der Waals surface area contributed by atoms with Gasteiger partial charge in [0.15, 0.2) is 5.82 Å². The van der Waals surface area contributed by atoms with Gasteiger partial charge in [-0.1, -0.05) is 5.16 Å². The lowest BCUT2D eigenvalue weighted by Crippen LogP contribution is -2.19. The molecule has 0 bridgehead atoms. The molecule has 0 radical (unpaired) electrons. The summed E-state index contributed by atoms with van der Waals surface area (Å²) in [6.07, 6.45) is 0. The summed E-state index contributed by atoms with van der Waals surface area (Å²) in [5, 5.41) is 7.31. The molecular weight excluding hydrogens is 262 g/mol. The molecule has 0 amide bonds. The number of aromatic nitrogens is 2.